The van der Waals surface area contributed by atoms with Crippen molar-refractivity contribution in [2.75, 3.05) is 7.05 Å². The van der Waals surface area contributed by atoms with Crippen LogP contribution in [0.4, 0.5) is 0 Å². The summed E-state index contributed by atoms with van der Waals surface area (Å²) in [5, 5.41) is 0. The van der Waals surface area contributed by atoms with Gasteiger partial charge in [0.2, 0.25) is 5.91 Å². The van der Waals surface area contributed by atoms with Crippen LogP contribution in [0.5, 0.6) is 0 Å². The minimum absolute atomic E-state index is 0.0449. The topological polar surface area (TPSA) is 46.3 Å². The standard InChI is InChI=1S/C13H26N2O/c1-3-7-11(14)10-13(16)15(2)12-8-5-4-6-9-12/h11-12H,3-10,14H2,1-2H3. The van der Waals surface area contributed by atoms with Crippen molar-refractivity contribution in [3.8, 4) is 0 Å². The van der Waals surface area contributed by atoms with Crippen molar-refractivity contribution in [3.63, 3.8) is 0 Å². The van der Waals surface area contributed by atoms with Gasteiger partial charge in [0.25, 0.3) is 0 Å². The Balaban J connectivity index is 2.34. The number of carbonyl (C=O) groups excluding carboxylic acids is 1. The van der Waals surface area contributed by atoms with E-state index in [-0.39, 0.29) is 11.9 Å². The first-order valence-corrected chi connectivity index (χ1v) is 6.66. The molecule has 0 aliphatic heterocycles. The summed E-state index contributed by atoms with van der Waals surface area (Å²) < 4.78 is 0. The fourth-order valence-electron chi connectivity index (χ4n) is 2.51. The second-order valence-electron chi connectivity index (χ2n) is 5.05. The Bertz CT molecular complexity index is 212. The van der Waals surface area contributed by atoms with Crippen LogP contribution in [0.15, 0.2) is 0 Å². The second-order valence-corrected chi connectivity index (χ2v) is 5.05. The molecule has 0 aromatic rings. The van der Waals surface area contributed by atoms with Gasteiger partial charge in [-0.3, -0.25) is 4.79 Å². The van der Waals surface area contributed by atoms with E-state index in [1.54, 1.807) is 0 Å². The number of hydrogen-bond acceptors (Lipinski definition) is 2. The fourth-order valence-corrected chi connectivity index (χ4v) is 2.51. The summed E-state index contributed by atoms with van der Waals surface area (Å²) >= 11 is 0. The van der Waals surface area contributed by atoms with Crippen LogP contribution in [0.3, 0.4) is 0 Å². The molecule has 1 rings (SSSR count). The molecule has 0 saturated heterocycles. The van der Waals surface area contributed by atoms with Gasteiger partial charge in [-0.05, 0) is 19.3 Å². The molecule has 94 valence electrons. The lowest BCUT2D eigenvalue weighted by Crippen LogP contribution is -2.40. The minimum atomic E-state index is 0.0449. The van der Waals surface area contributed by atoms with Gasteiger partial charge in [-0.15, -0.1) is 0 Å². The van der Waals surface area contributed by atoms with E-state index in [1.807, 2.05) is 11.9 Å². The summed E-state index contributed by atoms with van der Waals surface area (Å²) in [4.78, 5) is 13.9. The van der Waals surface area contributed by atoms with E-state index in [9.17, 15) is 4.79 Å². The Morgan fingerprint density at radius 1 is 1.38 bits per heavy atom. The largest absolute Gasteiger partial charge is 0.343 e. The van der Waals surface area contributed by atoms with Crippen molar-refractivity contribution in [1.82, 2.24) is 4.90 Å². The van der Waals surface area contributed by atoms with Gasteiger partial charge in [-0.25, -0.2) is 0 Å². The molecule has 3 heteroatoms. The Labute approximate surface area is 99.4 Å². The van der Waals surface area contributed by atoms with Crippen LogP contribution in [-0.2, 0) is 4.79 Å². The molecule has 2 N–H and O–H groups in total. The Hall–Kier alpha value is -0.570. The maximum absolute atomic E-state index is 12.0. The molecule has 3 nitrogen and oxygen atoms in total. The number of hydrogen-bond donors (Lipinski definition) is 1. The summed E-state index contributed by atoms with van der Waals surface area (Å²) in [6.07, 6.45) is 8.73. The predicted octanol–water partition coefficient (Wildman–Crippen LogP) is 2.29. The minimum Gasteiger partial charge on any atom is -0.343 e. The van der Waals surface area contributed by atoms with E-state index in [1.165, 1.54) is 32.1 Å². The zero-order chi connectivity index (χ0) is 12.0. The first-order valence-electron chi connectivity index (χ1n) is 6.66. The molecule has 1 atom stereocenters. The monoisotopic (exact) mass is 226 g/mol. The van der Waals surface area contributed by atoms with Gasteiger partial charge >= 0.3 is 0 Å². The van der Waals surface area contributed by atoms with Crippen LogP contribution in [0.2, 0.25) is 0 Å². The van der Waals surface area contributed by atoms with E-state index in [4.69, 9.17) is 5.73 Å². The molecule has 1 aliphatic carbocycles. The number of nitrogens with zero attached hydrogens (tertiary/aromatic N) is 1. The average molecular weight is 226 g/mol. The van der Waals surface area contributed by atoms with Gasteiger partial charge in [-0.2, -0.15) is 0 Å². The van der Waals surface area contributed by atoms with Crippen LogP contribution < -0.4 is 5.73 Å². The predicted molar refractivity (Wildman–Crippen MR) is 67.1 cm³/mol. The summed E-state index contributed by atoms with van der Waals surface area (Å²) in [6.45, 7) is 2.11. The molecule has 0 radical (unpaired) electrons. The Kier molecular flexibility index (Phi) is 5.81. The Morgan fingerprint density at radius 3 is 2.56 bits per heavy atom. The molecular weight excluding hydrogens is 200 g/mol. The van der Waals surface area contributed by atoms with Crippen molar-refractivity contribution < 1.29 is 4.79 Å². The molecule has 1 saturated carbocycles. The zero-order valence-corrected chi connectivity index (χ0v) is 10.7. The lowest BCUT2D eigenvalue weighted by atomic mass is 9.94. The number of amides is 1. The molecule has 16 heavy (non-hydrogen) atoms. The van der Waals surface area contributed by atoms with Crippen LogP contribution in [0, 0.1) is 0 Å². The van der Waals surface area contributed by atoms with Crippen LogP contribution in [0.25, 0.3) is 0 Å². The Morgan fingerprint density at radius 2 is 2.00 bits per heavy atom. The van der Waals surface area contributed by atoms with E-state index in [0.29, 0.717) is 12.5 Å². The van der Waals surface area contributed by atoms with Gasteiger partial charge in [0, 0.05) is 25.6 Å². The molecular formula is C13H26N2O. The van der Waals surface area contributed by atoms with Gasteiger partial charge < -0.3 is 10.6 Å². The summed E-state index contributed by atoms with van der Waals surface area (Å²) in [5.74, 6) is 0.229. The molecule has 1 fully saturated rings. The zero-order valence-electron chi connectivity index (χ0n) is 10.7. The van der Waals surface area contributed by atoms with Crippen LogP contribution in [0.1, 0.15) is 58.3 Å². The normalized spacial score (nSPS) is 19.4. The van der Waals surface area contributed by atoms with E-state index < -0.39 is 0 Å². The summed E-state index contributed by atoms with van der Waals surface area (Å²) in [7, 11) is 1.94. The van der Waals surface area contributed by atoms with Gasteiger partial charge in [0.1, 0.15) is 0 Å². The highest BCUT2D eigenvalue weighted by molar-refractivity contribution is 5.76. The summed E-state index contributed by atoms with van der Waals surface area (Å²) in [6, 6.07) is 0.513. The maximum Gasteiger partial charge on any atom is 0.224 e. The quantitative estimate of drug-likeness (QED) is 0.782. The third-order valence-corrected chi connectivity index (χ3v) is 3.61. The van der Waals surface area contributed by atoms with E-state index in [0.717, 1.165) is 12.8 Å². The van der Waals surface area contributed by atoms with Crippen molar-refractivity contribution in [2.24, 2.45) is 5.73 Å². The van der Waals surface area contributed by atoms with E-state index >= 15 is 0 Å². The first kappa shape index (κ1) is 13.5. The van der Waals surface area contributed by atoms with Crippen LogP contribution >= 0.6 is 0 Å². The SMILES string of the molecule is CCCC(N)CC(=O)N(C)C1CCCCC1. The van der Waals surface area contributed by atoms with Crippen LogP contribution in [-0.4, -0.2) is 29.9 Å². The average Bonchev–Trinajstić information content (AvgIpc) is 2.29. The summed E-state index contributed by atoms with van der Waals surface area (Å²) in [5.41, 5.74) is 5.90. The number of rotatable bonds is 5. The molecule has 0 bridgehead atoms. The third-order valence-electron chi connectivity index (χ3n) is 3.61. The van der Waals surface area contributed by atoms with Gasteiger partial charge in [0.05, 0.1) is 0 Å². The number of nitrogens with two attached hydrogens (primary N) is 1. The molecule has 0 spiro atoms. The van der Waals surface area contributed by atoms with Crippen molar-refractivity contribution in [2.45, 2.75) is 70.4 Å². The lowest BCUT2D eigenvalue weighted by molar-refractivity contribution is -0.132. The molecule has 0 heterocycles. The number of carbonyl (C=O) groups is 1. The van der Waals surface area contributed by atoms with E-state index in [2.05, 4.69) is 6.92 Å². The molecule has 0 aromatic heterocycles. The molecule has 0 aromatic carbocycles. The smallest absolute Gasteiger partial charge is 0.224 e. The van der Waals surface area contributed by atoms with Gasteiger partial charge in [0.15, 0.2) is 0 Å². The maximum atomic E-state index is 12.0. The second kappa shape index (κ2) is 6.89. The highest BCUT2D eigenvalue weighted by Gasteiger charge is 2.22. The highest BCUT2D eigenvalue weighted by Crippen LogP contribution is 2.22. The molecule has 1 amide bonds. The van der Waals surface area contributed by atoms with Crippen molar-refractivity contribution in [1.29, 1.82) is 0 Å². The molecule has 1 unspecified atom stereocenters. The first-order chi connectivity index (χ1) is 7.65. The molecule has 1 aliphatic rings. The highest BCUT2D eigenvalue weighted by atomic mass is 16.2. The fraction of sp³-hybridized carbons (Fsp3) is 0.923. The van der Waals surface area contributed by atoms with Gasteiger partial charge in [-0.1, -0.05) is 32.6 Å². The third kappa shape index (κ3) is 4.12. The van der Waals surface area contributed by atoms with Crippen molar-refractivity contribution >= 4 is 5.91 Å². The lowest BCUT2D eigenvalue weighted by Gasteiger charge is -2.32. The van der Waals surface area contributed by atoms with Crippen molar-refractivity contribution in [3.05, 3.63) is 0 Å².